The zero-order valence-electron chi connectivity index (χ0n) is 10.8. The van der Waals surface area contributed by atoms with Gasteiger partial charge in [-0.3, -0.25) is 9.59 Å². The van der Waals surface area contributed by atoms with Gasteiger partial charge >= 0.3 is 5.97 Å². The van der Waals surface area contributed by atoms with E-state index in [2.05, 4.69) is 15.5 Å². The number of hydrogen-bond acceptors (Lipinski definition) is 5. The van der Waals surface area contributed by atoms with Crippen molar-refractivity contribution in [3.63, 3.8) is 0 Å². The van der Waals surface area contributed by atoms with E-state index in [0.717, 1.165) is 19.3 Å². The first-order valence-electron chi connectivity index (χ1n) is 6.42. The van der Waals surface area contributed by atoms with Gasteiger partial charge in [0, 0.05) is 13.0 Å². The maximum Gasteiger partial charge on any atom is 0.308 e. The molecule has 104 valence electrons. The highest BCUT2D eigenvalue weighted by Crippen LogP contribution is 2.24. The van der Waals surface area contributed by atoms with E-state index in [1.54, 1.807) is 6.92 Å². The highest BCUT2D eigenvalue weighted by molar-refractivity contribution is 5.90. The Morgan fingerprint density at radius 3 is 2.68 bits per heavy atom. The number of amides is 1. The van der Waals surface area contributed by atoms with Gasteiger partial charge in [0.05, 0.1) is 5.92 Å². The Morgan fingerprint density at radius 1 is 1.32 bits per heavy atom. The molecule has 1 aromatic rings. The van der Waals surface area contributed by atoms with Crippen molar-refractivity contribution in [3.05, 3.63) is 11.7 Å². The minimum atomic E-state index is -0.864. The Morgan fingerprint density at radius 2 is 2.05 bits per heavy atom. The molecule has 2 N–H and O–H groups in total. The summed E-state index contributed by atoms with van der Waals surface area (Å²) in [6.07, 6.45) is 4.05. The number of aryl methyl sites for hydroxylation is 1. The summed E-state index contributed by atoms with van der Waals surface area (Å²) in [6, 6.07) is -0.369. The van der Waals surface area contributed by atoms with Crippen LogP contribution >= 0.6 is 0 Å². The summed E-state index contributed by atoms with van der Waals surface area (Å²) in [4.78, 5) is 27.0. The molecule has 0 radical (unpaired) electrons. The minimum absolute atomic E-state index is 0.0501. The van der Waals surface area contributed by atoms with E-state index in [4.69, 9.17) is 4.52 Å². The van der Waals surface area contributed by atoms with Crippen LogP contribution in [0.25, 0.3) is 0 Å². The number of nitrogens with zero attached hydrogens (tertiary/aromatic N) is 2. The Bertz CT molecular complexity index is 471. The molecule has 1 aromatic heterocycles. The third kappa shape index (κ3) is 3.30. The molecule has 1 heterocycles. The van der Waals surface area contributed by atoms with E-state index in [9.17, 15) is 14.7 Å². The Labute approximate surface area is 110 Å². The van der Waals surface area contributed by atoms with E-state index >= 15 is 0 Å². The largest absolute Gasteiger partial charge is 0.481 e. The van der Waals surface area contributed by atoms with Crippen molar-refractivity contribution in [1.82, 2.24) is 15.5 Å². The fourth-order valence-electron chi connectivity index (χ4n) is 2.40. The summed E-state index contributed by atoms with van der Waals surface area (Å²) in [6.45, 7) is 1.59. The molecule has 2 atom stereocenters. The van der Waals surface area contributed by atoms with Gasteiger partial charge in [0.2, 0.25) is 5.89 Å². The molecule has 0 aromatic carbocycles. The number of nitrogens with one attached hydrogen (secondary N) is 1. The zero-order chi connectivity index (χ0) is 13.8. The summed E-state index contributed by atoms with van der Waals surface area (Å²) in [5.74, 6) is -1.63. The second kappa shape index (κ2) is 5.81. The van der Waals surface area contributed by atoms with Gasteiger partial charge in [0.15, 0.2) is 0 Å². The highest BCUT2D eigenvalue weighted by atomic mass is 16.5. The van der Waals surface area contributed by atoms with E-state index in [1.807, 2.05) is 0 Å². The number of carbonyl (C=O) groups is 2. The lowest BCUT2D eigenvalue weighted by Gasteiger charge is -2.21. The van der Waals surface area contributed by atoms with Crippen molar-refractivity contribution >= 4 is 11.9 Å². The van der Waals surface area contributed by atoms with Gasteiger partial charge in [0.25, 0.3) is 11.7 Å². The first kappa shape index (κ1) is 13.5. The Kier molecular flexibility index (Phi) is 4.13. The van der Waals surface area contributed by atoms with Crippen molar-refractivity contribution in [2.45, 2.75) is 45.1 Å². The maximum absolute atomic E-state index is 11.9. The van der Waals surface area contributed by atoms with Crippen molar-refractivity contribution in [1.29, 1.82) is 0 Å². The fraction of sp³-hybridized carbons (Fsp3) is 0.667. The SMILES string of the molecule is Cc1nc(C(=O)NC2CCCCCC2C(=O)O)no1. The maximum atomic E-state index is 11.9. The van der Waals surface area contributed by atoms with Crippen molar-refractivity contribution in [3.8, 4) is 0 Å². The smallest absolute Gasteiger partial charge is 0.308 e. The predicted octanol–water partition coefficient (Wildman–Crippen LogP) is 1.14. The molecule has 7 heteroatoms. The average molecular weight is 267 g/mol. The van der Waals surface area contributed by atoms with Gasteiger partial charge < -0.3 is 14.9 Å². The quantitative estimate of drug-likeness (QED) is 0.795. The molecule has 0 spiro atoms. The molecule has 1 amide bonds. The first-order valence-corrected chi connectivity index (χ1v) is 6.42. The van der Waals surface area contributed by atoms with Crippen LogP contribution in [0.15, 0.2) is 4.52 Å². The minimum Gasteiger partial charge on any atom is -0.481 e. The Balaban J connectivity index is 2.06. The van der Waals surface area contributed by atoms with Crippen molar-refractivity contribution in [2.24, 2.45) is 5.92 Å². The average Bonchev–Trinajstić information content (AvgIpc) is 2.65. The molecular formula is C12H17N3O4. The van der Waals surface area contributed by atoms with Crippen LogP contribution in [0.5, 0.6) is 0 Å². The molecule has 2 rings (SSSR count). The molecule has 0 saturated heterocycles. The fourth-order valence-corrected chi connectivity index (χ4v) is 2.40. The second-order valence-corrected chi connectivity index (χ2v) is 4.80. The molecule has 0 aliphatic heterocycles. The number of aromatic nitrogens is 2. The Hall–Kier alpha value is -1.92. The number of carboxylic acid groups (broad SMARTS) is 1. The van der Waals surface area contributed by atoms with Crippen LogP contribution in [0.1, 0.15) is 48.6 Å². The monoisotopic (exact) mass is 267 g/mol. The number of rotatable bonds is 3. The van der Waals surface area contributed by atoms with Crippen LogP contribution in [-0.2, 0) is 4.79 Å². The van der Waals surface area contributed by atoms with Gasteiger partial charge in [-0.05, 0) is 12.8 Å². The molecular weight excluding hydrogens is 250 g/mol. The first-order chi connectivity index (χ1) is 9.08. The summed E-state index contributed by atoms with van der Waals surface area (Å²) in [5, 5.41) is 15.5. The third-order valence-corrected chi connectivity index (χ3v) is 3.38. The lowest BCUT2D eigenvalue weighted by Crippen LogP contribution is -2.43. The topological polar surface area (TPSA) is 105 Å². The molecule has 2 unspecified atom stereocenters. The van der Waals surface area contributed by atoms with Crippen molar-refractivity contribution < 1.29 is 19.2 Å². The lowest BCUT2D eigenvalue weighted by atomic mass is 9.95. The molecule has 0 bridgehead atoms. The molecule has 1 fully saturated rings. The van der Waals surface area contributed by atoms with E-state index in [1.165, 1.54) is 0 Å². The van der Waals surface area contributed by atoms with E-state index < -0.39 is 17.8 Å². The summed E-state index contributed by atoms with van der Waals surface area (Å²) >= 11 is 0. The predicted molar refractivity (Wildman–Crippen MR) is 64.5 cm³/mol. The second-order valence-electron chi connectivity index (χ2n) is 4.80. The summed E-state index contributed by atoms with van der Waals surface area (Å²) in [5.41, 5.74) is 0. The van der Waals surface area contributed by atoms with Crippen molar-refractivity contribution in [2.75, 3.05) is 0 Å². The normalized spacial score (nSPS) is 23.6. The van der Waals surface area contributed by atoms with Crippen LogP contribution in [0.4, 0.5) is 0 Å². The molecule has 1 aliphatic rings. The number of carbonyl (C=O) groups excluding carboxylic acids is 1. The van der Waals surface area contributed by atoms with Crippen LogP contribution in [0.2, 0.25) is 0 Å². The molecule has 7 nitrogen and oxygen atoms in total. The molecule has 19 heavy (non-hydrogen) atoms. The van der Waals surface area contributed by atoms with Gasteiger partial charge in [-0.15, -0.1) is 0 Å². The van der Waals surface area contributed by atoms with E-state index in [0.29, 0.717) is 18.7 Å². The van der Waals surface area contributed by atoms with Gasteiger partial charge in [-0.1, -0.05) is 24.4 Å². The van der Waals surface area contributed by atoms with Crippen LogP contribution < -0.4 is 5.32 Å². The standard InChI is InChI=1S/C12H17N3O4/c1-7-13-10(15-19-7)11(16)14-9-6-4-2-3-5-8(9)12(17)18/h8-9H,2-6H2,1H3,(H,14,16)(H,17,18). The van der Waals surface area contributed by atoms with Crippen LogP contribution in [0, 0.1) is 12.8 Å². The van der Waals surface area contributed by atoms with Gasteiger partial charge in [-0.25, -0.2) is 0 Å². The van der Waals surface area contributed by atoms with E-state index in [-0.39, 0.29) is 11.9 Å². The molecule has 1 aliphatic carbocycles. The zero-order valence-corrected chi connectivity index (χ0v) is 10.8. The molecule has 1 saturated carbocycles. The van der Waals surface area contributed by atoms with Crippen LogP contribution in [0.3, 0.4) is 0 Å². The van der Waals surface area contributed by atoms with Gasteiger partial charge in [-0.2, -0.15) is 4.98 Å². The van der Waals surface area contributed by atoms with Gasteiger partial charge in [0.1, 0.15) is 0 Å². The summed E-state index contributed by atoms with van der Waals surface area (Å²) < 4.78 is 4.74. The highest BCUT2D eigenvalue weighted by Gasteiger charge is 2.31. The van der Waals surface area contributed by atoms with Crippen LogP contribution in [-0.4, -0.2) is 33.2 Å². The number of carboxylic acids is 1. The third-order valence-electron chi connectivity index (χ3n) is 3.38. The summed E-state index contributed by atoms with van der Waals surface area (Å²) in [7, 11) is 0. The number of aliphatic carboxylic acids is 1. The lowest BCUT2D eigenvalue weighted by molar-refractivity contribution is -0.142. The number of hydrogen-bond donors (Lipinski definition) is 2.